The summed E-state index contributed by atoms with van der Waals surface area (Å²) in [6.45, 7) is 0. The molecule has 0 aliphatic carbocycles. The summed E-state index contributed by atoms with van der Waals surface area (Å²) in [4.78, 5) is -0.852. The molecule has 0 radical (unpaired) electrons. The quantitative estimate of drug-likeness (QED) is 0.390. The highest BCUT2D eigenvalue weighted by molar-refractivity contribution is 9.13. The first-order chi connectivity index (χ1) is 12.1. The number of benzene rings is 1. The summed E-state index contributed by atoms with van der Waals surface area (Å²) in [5, 5.41) is 1.17. The normalized spacial score (nSPS) is 12.3. The molecule has 1 N–H and O–H groups in total. The van der Waals surface area contributed by atoms with Crippen LogP contribution in [-0.4, -0.2) is 8.42 Å². The number of sulfonamides is 1. The molecule has 26 heavy (non-hydrogen) atoms. The average Bonchev–Trinajstić information content (AvgIpc) is 3.12. The second-order valence-electron chi connectivity index (χ2n) is 5.01. The van der Waals surface area contributed by atoms with Crippen molar-refractivity contribution in [3.8, 4) is 11.1 Å². The smallest absolute Gasteiger partial charge is 0.277 e. The fourth-order valence-corrected chi connectivity index (χ4v) is 7.04. The zero-order chi connectivity index (χ0) is 19.1. The highest BCUT2D eigenvalue weighted by Crippen LogP contribution is 2.46. The summed E-state index contributed by atoms with van der Waals surface area (Å²) >= 11 is 7.82. The number of nitrogens with one attached hydrogen (secondary N) is 1. The van der Waals surface area contributed by atoms with Crippen LogP contribution in [0.25, 0.3) is 11.1 Å². The molecule has 0 bridgehead atoms. The minimum Gasteiger partial charge on any atom is -0.277 e. The van der Waals surface area contributed by atoms with Crippen LogP contribution in [0.1, 0.15) is 4.88 Å². The van der Waals surface area contributed by atoms with Crippen LogP contribution >= 0.6 is 54.5 Å². The molecule has 0 amide bonds. The van der Waals surface area contributed by atoms with Gasteiger partial charge >= 0.3 is 6.18 Å². The van der Waals surface area contributed by atoms with Crippen LogP contribution in [0.15, 0.2) is 54.2 Å². The van der Waals surface area contributed by atoms with Gasteiger partial charge in [-0.3, -0.25) is 4.72 Å². The van der Waals surface area contributed by atoms with Crippen molar-refractivity contribution < 1.29 is 21.6 Å². The van der Waals surface area contributed by atoms with Crippen molar-refractivity contribution in [3.63, 3.8) is 0 Å². The number of hydrogen-bond acceptors (Lipinski definition) is 4. The zero-order valence-electron chi connectivity index (χ0n) is 12.5. The van der Waals surface area contributed by atoms with Crippen LogP contribution in [0.5, 0.6) is 0 Å². The molecule has 2 heterocycles. The van der Waals surface area contributed by atoms with Crippen LogP contribution in [-0.2, 0) is 16.2 Å². The molecule has 0 unspecified atom stereocenters. The standard InChI is InChI=1S/C15H8Br2F3NO2S3/c16-9-6-11(25-14(9)17)26(22,23)21-10-7-24-13(15(18,19)20)12(10)8-4-2-1-3-5-8/h1-7,21H. The van der Waals surface area contributed by atoms with Gasteiger partial charge in [-0.15, -0.1) is 22.7 Å². The third kappa shape index (κ3) is 4.01. The Morgan fingerprint density at radius 2 is 1.73 bits per heavy atom. The van der Waals surface area contributed by atoms with E-state index in [1.807, 2.05) is 0 Å². The summed E-state index contributed by atoms with van der Waals surface area (Å²) in [5.74, 6) is 0. The van der Waals surface area contributed by atoms with Gasteiger partial charge in [0.05, 0.1) is 9.47 Å². The first-order valence-corrected chi connectivity index (χ1v) is 11.6. The van der Waals surface area contributed by atoms with Gasteiger partial charge < -0.3 is 0 Å². The minimum absolute atomic E-state index is 0.0185. The topological polar surface area (TPSA) is 46.2 Å². The maximum Gasteiger partial charge on any atom is 0.426 e. The van der Waals surface area contributed by atoms with Crippen molar-refractivity contribution >= 4 is 70.2 Å². The lowest BCUT2D eigenvalue weighted by Crippen LogP contribution is -2.12. The van der Waals surface area contributed by atoms with E-state index in [2.05, 4.69) is 36.6 Å². The Morgan fingerprint density at radius 3 is 2.27 bits per heavy atom. The third-order valence-corrected chi connectivity index (χ3v) is 9.36. The second kappa shape index (κ2) is 7.27. The SMILES string of the molecule is O=S(=O)(Nc1csc(C(F)(F)F)c1-c1ccccc1)c1cc(Br)c(Br)s1. The Morgan fingerprint density at radius 1 is 1.08 bits per heavy atom. The fourth-order valence-electron chi connectivity index (χ4n) is 2.19. The fraction of sp³-hybridized carbons (Fsp3) is 0.0667. The van der Waals surface area contributed by atoms with Gasteiger partial charge in [0, 0.05) is 15.4 Å². The van der Waals surface area contributed by atoms with Crippen molar-refractivity contribution in [2.24, 2.45) is 0 Å². The van der Waals surface area contributed by atoms with Gasteiger partial charge in [-0.2, -0.15) is 13.2 Å². The van der Waals surface area contributed by atoms with Gasteiger partial charge in [0.15, 0.2) is 0 Å². The van der Waals surface area contributed by atoms with Gasteiger partial charge in [0.1, 0.15) is 9.09 Å². The number of alkyl halides is 3. The Hall–Kier alpha value is -0.880. The van der Waals surface area contributed by atoms with Crippen molar-refractivity contribution in [1.82, 2.24) is 0 Å². The second-order valence-corrected chi connectivity index (χ2v) is 11.0. The Balaban J connectivity index is 2.10. The highest BCUT2D eigenvalue weighted by atomic mass is 79.9. The van der Waals surface area contributed by atoms with Crippen LogP contribution in [0.3, 0.4) is 0 Å². The maximum absolute atomic E-state index is 13.4. The molecule has 3 aromatic rings. The minimum atomic E-state index is -4.59. The Kier molecular flexibility index (Phi) is 5.55. The monoisotopic (exact) mass is 545 g/mol. The molecule has 3 nitrogen and oxygen atoms in total. The van der Waals surface area contributed by atoms with Crippen LogP contribution in [0, 0.1) is 0 Å². The van der Waals surface area contributed by atoms with Gasteiger partial charge in [-0.05, 0) is 43.5 Å². The summed E-state index contributed by atoms with van der Waals surface area (Å²) in [6.07, 6.45) is -4.59. The Labute approximate surface area is 172 Å². The first-order valence-electron chi connectivity index (χ1n) is 6.81. The lowest BCUT2D eigenvalue weighted by molar-refractivity contribution is -0.133. The highest BCUT2D eigenvalue weighted by Gasteiger charge is 2.37. The predicted octanol–water partition coefficient (Wildman–Crippen LogP) is 6.82. The summed E-state index contributed by atoms with van der Waals surface area (Å²) < 4.78 is 68.7. The first kappa shape index (κ1) is 19.9. The molecular weight excluding hydrogens is 539 g/mol. The van der Waals surface area contributed by atoms with E-state index in [4.69, 9.17) is 0 Å². The largest absolute Gasteiger partial charge is 0.426 e. The molecular formula is C15H8Br2F3NO2S3. The van der Waals surface area contributed by atoms with Crippen molar-refractivity contribution in [1.29, 1.82) is 0 Å². The molecule has 2 aromatic heterocycles. The zero-order valence-corrected chi connectivity index (χ0v) is 18.1. The Bertz CT molecular complexity index is 1020. The number of anilines is 1. The van der Waals surface area contributed by atoms with E-state index < -0.39 is 21.1 Å². The van der Waals surface area contributed by atoms with E-state index >= 15 is 0 Å². The van der Waals surface area contributed by atoms with Crippen molar-refractivity contribution in [3.05, 3.63) is 54.9 Å². The van der Waals surface area contributed by atoms with E-state index in [0.717, 1.165) is 11.3 Å². The van der Waals surface area contributed by atoms with Gasteiger partial charge in [-0.25, -0.2) is 8.42 Å². The number of halogens is 5. The molecule has 138 valence electrons. The molecule has 0 spiro atoms. The molecule has 3 rings (SSSR count). The molecule has 0 aliphatic rings. The lowest BCUT2D eigenvalue weighted by Gasteiger charge is -2.12. The van der Waals surface area contributed by atoms with E-state index in [1.165, 1.54) is 23.6 Å². The number of hydrogen-bond donors (Lipinski definition) is 1. The molecule has 11 heteroatoms. The van der Waals surface area contributed by atoms with Crippen LogP contribution in [0.4, 0.5) is 18.9 Å². The number of rotatable bonds is 4. The molecule has 0 saturated heterocycles. The molecule has 0 fully saturated rings. The van der Waals surface area contributed by atoms with E-state index in [-0.39, 0.29) is 21.0 Å². The lowest BCUT2D eigenvalue weighted by atomic mass is 10.1. The van der Waals surface area contributed by atoms with E-state index in [1.54, 1.807) is 18.2 Å². The van der Waals surface area contributed by atoms with Crippen molar-refractivity contribution in [2.75, 3.05) is 4.72 Å². The van der Waals surface area contributed by atoms with E-state index in [9.17, 15) is 21.6 Å². The van der Waals surface area contributed by atoms with Crippen LogP contribution < -0.4 is 4.72 Å². The third-order valence-electron chi connectivity index (χ3n) is 3.24. The summed E-state index contributed by atoms with van der Waals surface area (Å²) in [6, 6.07) is 9.27. The van der Waals surface area contributed by atoms with Crippen LogP contribution in [0.2, 0.25) is 0 Å². The molecule has 0 atom stereocenters. The van der Waals surface area contributed by atoms with Gasteiger partial charge in [0.25, 0.3) is 10.0 Å². The predicted molar refractivity (Wildman–Crippen MR) is 105 cm³/mol. The maximum atomic E-state index is 13.4. The molecule has 0 saturated carbocycles. The van der Waals surface area contributed by atoms with Gasteiger partial charge in [0.2, 0.25) is 0 Å². The molecule has 1 aromatic carbocycles. The van der Waals surface area contributed by atoms with E-state index in [0.29, 0.717) is 19.6 Å². The summed E-state index contributed by atoms with van der Waals surface area (Å²) in [7, 11) is -4.03. The molecule has 0 aliphatic heterocycles. The number of thiophene rings is 2. The van der Waals surface area contributed by atoms with Crippen molar-refractivity contribution in [2.45, 2.75) is 10.4 Å². The summed E-state index contributed by atoms with van der Waals surface area (Å²) in [5.41, 5.74) is 0.00264. The average molecular weight is 547 g/mol. The van der Waals surface area contributed by atoms with Gasteiger partial charge in [-0.1, -0.05) is 30.3 Å².